The highest BCUT2D eigenvalue weighted by molar-refractivity contribution is 4.71. The van der Waals surface area contributed by atoms with E-state index in [9.17, 15) is 0 Å². The predicted molar refractivity (Wildman–Crippen MR) is 35.9 cm³/mol. The minimum Gasteiger partial charge on any atom is -0.396 e. The molecule has 0 rings (SSSR count). The topological polar surface area (TPSA) is 41.5 Å². The van der Waals surface area contributed by atoms with Crippen molar-refractivity contribution in [2.75, 3.05) is 13.7 Å². The Morgan fingerprint density at radius 2 is 2.11 bits per heavy atom. The monoisotopic (exact) mass is 133 g/mol. The molecule has 3 heteroatoms. The van der Waals surface area contributed by atoms with Crippen molar-refractivity contribution in [2.24, 2.45) is 0 Å². The lowest BCUT2D eigenvalue weighted by molar-refractivity contribution is 0.0171. The van der Waals surface area contributed by atoms with Crippen molar-refractivity contribution in [2.45, 2.75) is 25.8 Å². The molecule has 0 unspecified atom stereocenters. The highest BCUT2D eigenvalue weighted by Gasteiger charge is 2.14. The first-order valence-corrected chi connectivity index (χ1v) is 3.03. The van der Waals surface area contributed by atoms with Crippen LogP contribution in [0.5, 0.6) is 0 Å². The van der Waals surface area contributed by atoms with Crippen molar-refractivity contribution in [3.8, 4) is 0 Å². The average Bonchev–Trinajstić information content (AvgIpc) is 1.64. The van der Waals surface area contributed by atoms with E-state index in [1.807, 2.05) is 13.8 Å². The van der Waals surface area contributed by atoms with E-state index in [-0.39, 0.29) is 12.1 Å². The molecule has 0 aromatic heterocycles. The van der Waals surface area contributed by atoms with Crippen LogP contribution in [0, 0.1) is 0 Å². The summed E-state index contributed by atoms with van der Waals surface area (Å²) in [4.78, 5) is 4.70. The Morgan fingerprint density at radius 1 is 1.56 bits per heavy atom. The lowest BCUT2D eigenvalue weighted by atomic mass is 10.0. The second-order valence-corrected chi connectivity index (χ2v) is 2.66. The zero-order valence-corrected chi connectivity index (χ0v) is 6.27. The van der Waals surface area contributed by atoms with Gasteiger partial charge in [-0.15, -0.1) is 0 Å². The van der Waals surface area contributed by atoms with Gasteiger partial charge in [0.2, 0.25) is 0 Å². The summed E-state index contributed by atoms with van der Waals surface area (Å²) in [6.45, 7) is 4.11. The maximum atomic E-state index is 8.53. The molecule has 0 spiro atoms. The van der Waals surface area contributed by atoms with Gasteiger partial charge in [-0.3, -0.25) is 0 Å². The molecule has 0 aliphatic heterocycles. The van der Waals surface area contributed by atoms with Crippen LogP contribution in [0.25, 0.3) is 0 Å². The fourth-order valence-electron chi connectivity index (χ4n) is 0.607. The lowest BCUT2D eigenvalue weighted by Crippen LogP contribution is -2.39. The van der Waals surface area contributed by atoms with Crippen molar-refractivity contribution in [3.63, 3.8) is 0 Å². The van der Waals surface area contributed by atoms with E-state index < -0.39 is 0 Å². The molecule has 0 radical (unpaired) electrons. The molecular weight excluding hydrogens is 118 g/mol. The van der Waals surface area contributed by atoms with Gasteiger partial charge in [0.15, 0.2) is 0 Å². The molecule has 0 bridgehead atoms. The molecule has 0 aromatic rings. The van der Waals surface area contributed by atoms with Crippen LogP contribution in [0.4, 0.5) is 0 Å². The number of hydrogen-bond donors (Lipinski definition) is 2. The Morgan fingerprint density at radius 3 is 2.44 bits per heavy atom. The first-order valence-electron chi connectivity index (χ1n) is 3.03. The quantitative estimate of drug-likeness (QED) is 0.542. The summed E-state index contributed by atoms with van der Waals surface area (Å²) < 4.78 is 0. The third kappa shape index (κ3) is 4.39. The summed E-state index contributed by atoms with van der Waals surface area (Å²) in [7, 11) is 1.57. The second kappa shape index (κ2) is 3.82. The SMILES string of the molecule is CONC(C)(C)CCO. The van der Waals surface area contributed by atoms with Crippen LogP contribution in [0.1, 0.15) is 20.3 Å². The van der Waals surface area contributed by atoms with Crippen molar-refractivity contribution in [1.29, 1.82) is 0 Å². The third-order valence-electron chi connectivity index (χ3n) is 1.12. The van der Waals surface area contributed by atoms with Gasteiger partial charge in [-0.1, -0.05) is 0 Å². The highest BCUT2D eigenvalue weighted by Crippen LogP contribution is 2.05. The number of rotatable bonds is 4. The van der Waals surface area contributed by atoms with Gasteiger partial charge in [-0.2, -0.15) is 5.48 Å². The van der Waals surface area contributed by atoms with Crippen molar-refractivity contribution in [3.05, 3.63) is 0 Å². The fourth-order valence-corrected chi connectivity index (χ4v) is 0.607. The van der Waals surface area contributed by atoms with E-state index in [0.717, 1.165) is 0 Å². The molecule has 56 valence electrons. The van der Waals surface area contributed by atoms with Crippen LogP contribution in [-0.2, 0) is 4.84 Å². The van der Waals surface area contributed by atoms with Crippen LogP contribution in [0.15, 0.2) is 0 Å². The van der Waals surface area contributed by atoms with Gasteiger partial charge in [0.25, 0.3) is 0 Å². The van der Waals surface area contributed by atoms with Gasteiger partial charge in [-0.25, -0.2) is 0 Å². The molecule has 0 fully saturated rings. The first-order chi connectivity index (χ1) is 4.12. The molecule has 2 N–H and O–H groups in total. The number of aliphatic hydroxyl groups excluding tert-OH is 1. The number of hydrogen-bond acceptors (Lipinski definition) is 3. The van der Waals surface area contributed by atoms with Gasteiger partial charge in [0, 0.05) is 12.1 Å². The molecule has 0 atom stereocenters. The molecule has 0 aromatic carbocycles. The molecule has 0 heterocycles. The highest BCUT2D eigenvalue weighted by atomic mass is 16.6. The smallest absolute Gasteiger partial charge is 0.0572 e. The van der Waals surface area contributed by atoms with E-state index in [1.165, 1.54) is 0 Å². The van der Waals surface area contributed by atoms with E-state index in [1.54, 1.807) is 7.11 Å². The van der Waals surface area contributed by atoms with Gasteiger partial charge >= 0.3 is 0 Å². The molecule has 0 amide bonds. The third-order valence-corrected chi connectivity index (χ3v) is 1.12. The minimum atomic E-state index is -0.122. The normalized spacial score (nSPS) is 12.0. The fraction of sp³-hybridized carbons (Fsp3) is 1.00. The molecule has 9 heavy (non-hydrogen) atoms. The number of aliphatic hydroxyl groups is 1. The standard InChI is InChI=1S/C6H15NO2/c1-6(2,4-5-8)7-9-3/h7-8H,4-5H2,1-3H3. The molecule has 0 aliphatic carbocycles. The van der Waals surface area contributed by atoms with E-state index in [4.69, 9.17) is 9.94 Å². The Labute approximate surface area is 56.0 Å². The Balaban J connectivity index is 3.43. The van der Waals surface area contributed by atoms with Crippen LogP contribution < -0.4 is 5.48 Å². The zero-order valence-electron chi connectivity index (χ0n) is 6.27. The number of nitrogens with one attached hydrogen (secondary N) is 1. The summed E-state index contributed by atoms with van der Waals surface area (Å²) in [5, 5.41) is 8.53. The van der Waals surface area contributed by atoms with E-state index >= 15 is 0 Å². The molecule has 0 saturated carbocycles. The van der Waals surface area contributed by atoms with Crippen LogP contribution >= 0.6 is 0 Å². The van der Waals surface area contributed by atoms with E-state index in [2.05, 4.69) is 5.48 Å². The lowest BCUT2D eigenvalue weighted by Gasteiger charge is -2.22. The summed E-state index contributed by atoms with van der Waals surface area (Å²) in [5.41, 5.74) is 2.64. The minimum absolute atomic E-state index is 0.122. The molecule has 0 saturated heterocycles. The largest absolute Gasteiger partial charge is 0.396 e. The first kappa shape index (κ1) is 8.88. The Hall–Kier alpha value is -0.120. The summed E-state index contributed by atoms with van der Waals surface area (Å²) in [6.07, 6.45) is 0.695. The van der Waals surface area contributed by atoms with Gasteiger partial charge < -0.3 is 9.94 Å². The van der Waals surface area contributed by atoms with Gasteiger partial charge in [-0.05, 0) is 20.3 Å². The number of hydroxylamine groups is 1. The van der Waals surface area contributed by atoms with Gasteiger partial charge in [0.05, 0.1) is 7.11 Å². The van der Waals surface area contributed by atoms with Crippen molar-refractivity contribution >= 4 is 0 Å². The maximum absolute atomic E-state index is 8.53. The molecule has 3 nitrogen and oxygen atoms in total. The summed E-state index contributed by atoms with van der Waals surface area (Å²) >= 11 is 0. The Bertz CT molecular complexity index is 65.5. The van der Waals surface area contributed by atoms with E-state index in [0.29, 0.717) is 6.42 Å². The van der Waals surface area contributed by atoms with Crippen molar-refractivity contribution in [1.82, 2.24) is 5.48 Å². The second-order valence-electron chi connectivity index (χ2n) is 2.66. The van der Waals surface area contributed by atoms with Gasteiger partial charge in [0.1, 0.15) is 0 Å². The summed E-state index contributed by atoms with van der Waals surface area (Å²) in [6, 6.07) is 0. The molecular formula is C6H15NO2. The summed E-state index contributed by atoms with van der Waals surface area (Å²) in [5.74, 6) is 0. The average molecular weight is 133 g/mol. The van der Waals surface area contributed by atoms with Crippen molar-refractivity contribution < 1.29 is 9.94 Å². The van der Waals surface area contributed by atoms with Crippen LogP contribution in [0.3, 0.4) is 0 Å². The molecule has 0 aliphatic rings. The Kier molecular flexibility index (Phi) is 3.77. The maximum Gasteiger partial charge on any atom is 0.0572 e. The predicted octanol–water partition coefficient (Wildman–Crippen LogP) is 0.298. The zero-order chi connectivity index (χ0) is 7.33. The van der Waals surface area contributed by atoms with Crippen LogP contribution in [-0.4, -0.2) is 24.4 Å². The van der Waals surface area contributed by atoms with Crippen LogP contribution in [0.2, 0.25) is 0 Å².